The molecule has 1 heterocycles. The summed E-state index contributed by atoms with van der Waals surface area (Å²) in [5.74, 6) is 6.33. The van der Waals surface area contributed by atoms with E-state index in [4.69, 9.17) is 5.84 Å². The summed E-state index contributed by atoms with van der Waals surface area (Å²) in [6, 6.07) is 0.543. The lowest BCUT2D eigenvalue weighted by Gasteiger charge is -2.29. The Morgan fingerprint density at radius 1 is 1.60 bits per heavy atom. The van der Waals surface area contributed by atoms with E-state index in [0.29, 0.717) is 6.04 Å². The molecule has 1 saturated heterocycles. The molecular weight excluding hydrogens is 190 g/mol. The van der Waals surface area contributed by atoms with Crippen LogP contribution in [0.1, 0.15) is 19.8 Å². The van der Waals surface area contributed by atoms with Crippen molar-refractivity contribution in [1.82, 2.24) is 15.2 Å². The standard InChI is InChI=1S/C10H23N5/c1-4-12-10(13-11)15-7-5-6-9(15)8-14(2)3/h9H,4-8,11H2,1-3H3,(H,12,13). The number of hydrogen-bond donors (Lipinski definition) is 2. The van der Waals surface area contributed by atoms with Gasteiger partial charge >= 0.3 is 0 Å². The number of guanidine groups is 1. The second kappa shape index (κ2) is 5.92. The molecule has 3 N–H and O–H groups in total. The Kier molecular flexibility index (Phi) is 4.84. The molecule has 5 heteroatoms. The van der Waals surface area contributed by atoms with Crippen molar-refractivity contribution in [2.75, 3.05) is 33.7 Å². The maximum absolute atomic E-state index is 5.50. The summed E-state index contributed by atoms with van der Waals surface area (Å²) in [6.07, 6.45) is 2.45. The maximum Gasteiger partial charge on any atom is 0.208 e. The molecule has 0 spiro atoms. The average molecular weight is 213 g/mol. The van der Waals surface area contributed by atoms with Gasteiger partial charge in [0.25, 0.3) is 0 Å². The Morgan fingerprint density at radius 2 is 2.33 bits per heavy atom. The van der Waals surface area contributed by atoms with Crippen molar-refractivity contribution in [2.24, 2.45) is 10.8 Å². The lowest BCUT2D eigenvalue weighted by atomic mass is 10.2. The molecule has 0 saturated carbocycles. The number of likely N-dealkylation sites (N-methyl/N-ethyl adjacent to an activating group) is 1. The van der Waals surface area contributed by atoms with Gasteiger partial charge in [0.15, 0.2) is 0 Å². The van der Waals surface area contributed by atoms with Gasteiger partial charge in [0.1, 0.15) is 0 Å². The molecule has 1 unspecified atom stereocenters. The van der Waals surface area contributed by atoms with Crippen LogP contribution in [0, 0.1) is 0 Å². The van der Waals surface area contributed by atoms with Crippen LogP contribution in [0.3, 0.4) is 0 Å². The van der Waals surface area contributed by atoms with E-state index in [2.05, 4.69) is 34.3 Å². The molecular formula is C10H23N5. The van der Waals surface area contributed by atoms with E-state index in [1.807, 2.05) is 6.92 Å². The molecule has 1 rings (SSSR count). The number of hydrogen-bond acceptors (Lipinski definition) is 3. The molecule has 0 aromatic rings. The fourth-order valence-corrected chi connectivity index (χ4v) is 2.09. The van der Waals surface area contributed by atoms with E-state index in [1.165, 1.54) is 12.8 Å². The monoisotopic (exact) mass is 213 g/mol. The predicted octanol–water partition coefficient (Wildman–Crippen LogP) is -0.148. The van der Waals surface area contributed by atoms with Crippen LogP contribution in [0.15, 0.2) is 4.99 Å². The average Bonchev–Trinajstić information content (AvgIpc) is 2.61. The highest BCUT2D eigenvalue weighted by Gasteiger charge is 2.27. The van der Waals surface area contributed by atoms with Crippen LogP contribution in [0.4, 0.5) is 0 Å². The van der Waals surface area contributed by atoms with Gasteiger partial charge in [0.05, 0.1) is 0 Å². The van der Waals surface area contributed by atoms with Gasteiger partial charge in [-0.05, 0) is 33.9 Å². The van der Waals surface area contributed by atoms with Crippen LogP contribution in [0.25, 0.3) is 0 Å². The lowest BCUT2D eigenvalue weighted by Crippen LogP contribution is -2.49. The van der Waals surface area contributed by atoms with Gasteiger partial charge in [0, 0.05) is 25.7 Å². The van der Waals surface area contributed by atoms with Crippen LogP contribution in [0.5, 0.6) is 0 Å². The van der Waals surface area contributed by atoms with Crippen molar-refractivity contribution in [3.8, 4) is 0 Å². The molecule has 1 fully saturated rings. The first-order valence-electron chi connectivity index (χ1n) is 5.61. The Bertz CT molecular complexity index is 214. The topological polar surface area (TPSA) is 56.9 Å². The van der Waals surface area contributed by atoms with Crippen molar-refractivity contribution < 1.29 is 0 Å². The van der Waals surface area contributed by atoms with Gasteiger partial charge in [-0.1, -0.05) is 0 Å². The molecule has 0 bridgehead atoms. The van der Waals surface area contributed by atoms with Gasteiger partial charge in [-0.3, -0.25) is 10.4 Å². The first kappa shape index (κ1) is 12.3. The van der Waals surface area contributed by atoms with Crippen LogP contribution < -0.4 is 11.3 Å². The van der Waals surface area contributed by atoms with E-state index in [-0.39, 0.29) is 0 Å². The van der Waals surface area contributed by atoms with Gasteiger partial charge in [-0.15, -0.1) is 0 Å². The molecule has 1 atom stereocenters. The predicted molar refractivity (Wildman–Crippen MR) is 63.6 cm³/mol. The smallest absolute Gasteiger partial charge is 0.208 e. The lowest BCUT2D eigenvalue weighted by molar-refractivity contribution is 0.280. The molecule has 0 aromatic heterocycles. The second-order valence-corrected chi connectivity index (χ2v) is 4.19. The molecule has 0 amide bonds. The highest BCUT2D eigenvalue weighted by Crippen LogP contribution is 2.17. The molecule has 0 aliphatic carbocycles. The third-order valence-corrected chi connectivity index (χ3v) is 2.66. The first-order valence-corrected chi connectivity index (χ1v) is 5.61. The quantitative estimate of drug-likeness (QED) is 0.296. The number of nitrogens with one attached hydrogen (secondary N) is 1. The minimum Gasteiger partial charge on any atom is -0.338 e. The van der Waals surface area contributed by atoms with E-state index >= 15 is 0 Å². The van der Waals surface area contributed by atoms with Crippen LogP contribution in [0.2, 0.25) is 0 Å². The minimum atomic E-state index is 0.543. The number of hydrazine groups is 1. The molecule has 15 heavy (non-hydrogen) atoms. The van der Waals surface area contributed by atoms with Crippen molar-refractivity contribution in [3.63, 3.8) is 0 Å². The summed E-state index contributed by atoms with van der Waals surface area (Å²) in [6.45, 7) is 4.91. The summed E-state index contributed by atoms with van der Waals surface area (Å²) < 4.78 is 0. The van der Waals surface area contributed by atoms with Gasteiger partial charge in [0.2, 0.25) is 5.96 Å². The summed E-state index contributed by atoms with van der Waals surface area (Å²) in [7, 11) is 4.20. The largest absolute Gasteiger partial charge is 0.338 e. The van der Waals surface area contributed by atoms with Gasteiger partial charge in [-0.2, -0.15) is 0 Å². The van der Waals surface area contributed by atoms with Gasteiger partial charge < -0.3 is 9.80 Å². The van der Waals surface area contributed by atoms with E-state index < -0.39 is 0 Å². The van der Waals surface area contributed by atoms with Crippen LogP contribution >= 0.6 is 0 Å². The van der Waals surface area contributed by atoms with Crippen molar-refractivity contribution in [1.29, 1.82) is 0 Å². The summed E-state index contributed by atoms with van der Waals surface area (Å²) in [4.78, 5) is 8.86. The number of rotatable bonds is 3. The normalized spacial score (nSPS) is 22.6. The zero-order chi connectivity index (χ0) is 11.3. The Labute approximate surface area is 92.3 Å². The third-order valence-electron chi connectivity index (χ3n) is 2.66. The van der Waals surface area contributed by atoms with E-state index in [1.54, 1.807) is 0 Å². The highest BCUT2D eigenvalue weighted by molar-refractivity contribution is 5.80. The first-order chi connectivity index (χ1) is 7.19. The Morgan fingerprint density at radius 3 is 2.87 bits per heavy atom. The Balaban J connectivity index is 2.62. The molecule has 1 aliphatic rings. The fraction of sp³-hybridized carbons (Fsp3) is 0.900. The second-order valence-electron chi connectivity index (χ2n) is 4.19. The van der Waals surface area contributed by atoms with E-state index in [0.717, 1.165) is 25.6 Å². The Hall–Kier alpha value is -0.810. The third kappa shape index (κ3) is 3.35. The zero-order valence-electron chi connectivity index (χ0n) is 10.0. The molecule has 88 valence electrons. The number of nitrogens with two attached hydrogens (primary N) is 1. The molecule has 1 aliphatic heterocycles. The number of nitrogens with zero attached hydrogens (tertiary/aromatic N) is 3. The maximum atomic E-state index is 5.50. The highest BCUT2D eigenvalue weighted by atomic mass is 15.4. The van der Waals surface area contributed by atoms with Crippen LogP contribution in [-0.4, -0.2) is 55.5 Å². The summed E-state index contributed by atoms with van der Waals surface area (Å²) >= 11 is 0. The van der Waals surface area contributed by atoms with E-state index in [9.17, 15) is 0 Å². The van der Waals surface area contributed by atoms with Crippen LogP contribution in [-0.2, 0) is 0 Å². The fourth-order valence-electron chi connectivity index (χ4n) is 2.09. The van der Waals surface area contributed by atoms with Gasteiger partial charge in [-0.25, -0.2) is 5.84 Å². The number of aliphatic imine (C=N–C) groups is 1. The summed E-state index contributed by atoms with van der Waals surface area (Å²) in [5, 5.41) is 0. The molecule has 0 aromatic carbocycles. The SMILES string of the molecule is CCN=C(NN)N1CCCC1CN(C)C. The van der Waals surface area contributed by atoms with Crippen molar-refractivity contribution >= 4 is 5.96 Å². The zero-order valence-corrected chi connectivity index (χ0v) is 10.0. The molecule has 0 radical (unpaired) electrons. The molecule has 5 nitrogen and oxygen atoms in total. The minimum absolute atomic E-state index is 0.543. The van der Waals surface area contributed by atoms with Crippen molar-refractivity contribution in [3.05, 3.63) is 0 Å². The van der Waals surface area contributed by atoms with Crippen molar-refractivity contribution in [2.45, 2.75) is 25.8 Å². The summed E-state index contributed by atoms with van der Waals surface area (Å²) in [5.41, 5.74) is 2.71. The number of likely N-dealkylation sites (tertiary alicyclic amines) is 1.